The van der Waals surface area contributed by atoms with Gasteiger partial charge < -0.3 is 5.32 Å². The maximum absolute atomic E-state index is 12.6. The number of piperidine rings is 1. The molecule has 0 unspecified atom stereocenters. The lowest BCUT2D eigenvalue weighted by Crippen LogP contribution is -2.40. The molecule has 0 spiro atoms. The van der Waals surface area contributed by atoms with Crippen molar-refractivity contribution in [3.05, 3.63) is 62.5 Å². The van der Waals surface area contributed by atoms with E-state index in [9.17, 15) is 4.79 Å². The number of nitrogens with one attached hydrogen (secondary N) is 1. The van der Waals surface area contributed by atoms with Crippen LogP contribution in [-0.2, 0) is 11.3 Å². The molecule has 1 saturated heterocycles. The molecule has 1 atom stereocenters. The molecule has 25 heavy (non-hydrogen) atoms. The zero-order valence-electron chi connectivity index (χ0n) is 13.6. The molecule has 1 amide bonds. The minimum Gasteiger partial charge on any atom is -0.326 e. The smallest absolute Gasteiger partial charge is 0.228 e. The van der Waals surface area contributed by atoms with Gasteiger partial charge in [0.15, 0.2) is 0 Å². The van der Waals surface area contributed by atoms with Crippen molar-refractivity contribution < 1.29 is 4.79 Å². The van der Waals surface area contributed by atoms with E-state index in [0.717, 1.165) is 35.1 Å². The monoisotopic (exact) mass is 440 g/mol. The molecule has 1 heterocycles. The standard InChI is InChI=1S/C19H19BrCl2N2O/c20-14-6-8-15(9-7-14)23-19(25)13-3-2-10-24(11-13)12-16-17(21)4-1-5-18(16)22/h1,4-9,13H,2-3,10-12H2,(H,23,25)/t13-/m0/s1. The summed E-state index contributed by atoms with van der Waals surface area (Å²) >= 11 is 15.9. The van der Waals surface area contributed by atoms with Gasteiger partial charge in [0.05, 0.1) is 5.92 Å². The summed E-state index contributed by atoms with van der Waals surface area (Å²) in [6, 6.07) is 13.2. The fourth-order valence-corrected chi connectivity index (χ4v) is 3.88. The average Bonchev–Trinajstić information content (AvgIpc) is 2.60. The van der Waals surface area contributed by atoms with Crippen LogP contribution in [0.2, 0.25) is 10.0 Å². The Labute approximate surface area is 166 Å². The van der Waals surface area contributed by atoms with Gasteiger partial charge in [-0.15, -0.1) is 0 Å². The molecular formula is C19H19BrCl2N2O. The Bertz CT molecular complexity index is 731. The van der Waals surface area contributed by atoms with Crippen LogP contribution in [0.25, 0.3) is 0 Å². The van der Waals surface area contributed by atoms with Crippen molar-refractivity contribution in [3.63, 3.8) is 0 Å². The molecule has 132 valence electrons. The minimum absolute atomic E-state index is 0.0290. The quantitative estimate of drug-likeness (QED) is 0.668. The molecule has 0 bridgehead atoms. The van der Waals surface area contributed by atoms with E-state index in [-0.39, 0.29) is 11.8 Å². The molecule has 1 aliphatic rings. The Balaban J connectivity index is 1.62. The third kappa shape index (κ3) is 4.98. The maximum Gasteiger partial charge on any atom is 0.228 e. The zero-order chi connectivity index (χ0) is 17.8. The molecule has 3 nitrogen and oxygen atoms in total. The predicted molar refractivity (Wildman–Crippen MR) is 107 cm³/mol. The third-order valence-electron chi connectivity index (χ3n) is 4.43. The van der Waals surface area contributed by atoms with E-state index in [4.69, 9.17) is 23.2 Å². The predicted octanol–water partition coefficient (Wildman–Crippen LogP) is 5.61. The number of halogens is 3. The van der Waals surface area contributed by atoms with Crippen LogP contribution in [0.1, 0.15) is 18.4 Å². The van der Waals surface area contributed by atoms with Crippen LogP contribution in [0.5, 0.6) is 0 Å². The summed E-state index contributed by atoms with van der Waals surface area (Å²) in [5.41, 5.74) is 1.75. The first kappa shape index (κ1) is 18.7. The third-order valence-corrected chi connectivity index (χ3v) is 5.67. The number of amides is 1. The van der Waals surface area contributed by atoms with Gasteiger partial charge in [-0.25, -0.2) is 0 Å². The summed E-state index contributed by atoms with van der Waals surface area (Å²) < 4.78 is 0.992. The second kappa shape index (κ2) is 8.54. The molecule has 3 rings (SSSR count). The number of nitrogens with zero attached hydrogens (tertiary/aromatic N) is 1. The van der Waals surface area contributed by atoms with Gasteiger partial charge in [0.1, 0.15) is 0 Å². The van der Waals surface area contributed by atoms with Gasteiger partial charge >= 0.3 is 0 Å². The van der Waals surface area contributed by atoms with Crippen LogP contribution < -0.4 is 5.32 Å². The van der Waals surface area contributed by atoms with E-state index < -0.39 is 0 Å². The van der Waals surface area contributed by atoms with E-state index in [1.165, 1.54) is 0 Å². The van der Waals surface area contributed by atoms with Gasteiger partial charge in [-0.2, -0.15) is 0 Å². The second-order valence-electron chi connectivity index (χ2n) is 6.27. The SMILES string of the molecule is O=C(Nc1ccc(Br)cc1)[C@H]1CCCN(Cc2c(Cl)cccc2Cl)C1. The topological polar surface area (TPSA) is 32.3 Å². The highest BCUT2D eigenvalue weighted by Crippen LogP contribution is 2.28. The van der Waals surface area contributed by atoms with Gasteiger partial charge in [-0.1, -0.05) is 45.2 Å². The Kier molecular flexibility index (Phi) is 6.39. The summed E-state index contributed by atoms with van der Waals surface area (Å²) in [4.78, 5) is 14.8. The number of hydrogen-bond acceptors (Lipinski definition) is 2. The molecule has 6 heteroatoms. The molecule has 0 aromatic heterocycles. The highest BCUT2D eigenvalue weighted by molar-refractivity contribution is 9.10. The second-order valence-corrected chi connectivity index (χ2v) is 8.00. The van der Waals surface area contributed by atoms with Crippen molar-refractivity contribution in [3.8, 4) is 0 Å². The number of carbonyl (C=O) groups excluding carboxylic acids is 1. The highest BCUT2D eigenvalue weighted by atomic mass is 79.9. The summed E-state index contributed by atoms with van der Waals surface area (Å²) in [6.45, 7) is 2.33. The molecule has 0 radical (unpaired) electrons. The first-order valence-corrected chi connectivity index (χ1v) is 9.79. The maximum atomic E-state index is 12.6. The summed E-state index contributed by atoms with van der Waals surface area (Å²) in [5, 5.41) is 4.36. The van der Waals surface area contributed by atoms with Crippen molar-refractivity contribution in [1.82, 2.24) is 4.90 Å². The van der Waals surface area contributed by atoms with Crippen molar-refractivity contribution in [2.75, 3.05) is 18.4 Å². The largest absolute Gasteiger partial charge is 0.326 e. The Morgan fingerprint density at radius 3 is 2.52 bits per heavy atom. The van der Waals surface area contributed by atoms with Gasteiger partial charge in [0.25, 0.3) is 0 Å². The normalized spacial score (nSPS) is 18.1. The number of hydrogen-bond donors (Lipinski definition) is 1. The summed E-state index contributed by atoms with van der Waals surface area (Å²) in [5.74, 6) is 0.0379. The molecule has 0 aliphatic carbocycles. The van der Waals surface area contributed by atoms with E-state index in [0.29, 0.717) is 23.1 Å². The number of likely N-dealkylation sites (tertiary alicyclic amines) is 1. The van der Waals surface area contributed by atoms with E-state index in [2.05, 4.69) is 26.1 Å². The van der Waals surface area contributed by atoms with E-state index >= 15 is 0 Å². The van der Waals surface area contributed by atoms with Crippen LogP contribution >= 0.6 is 39.1 Å². The molecule has 1 N–H and O–H groups in total. The number of benzene rings is 2. The van der Waals surface area contributed by atoms with Gasteiger partial charge in [0.2, 0.25) is 5.91 Å². The van der Waals surface area contributed by atoms with Crippen molar-refractivity contribution >= 4 is 50.7 Å². The first-order valence-electron chi connectivity index (χ1n) is 8.24. The minimum atomic E-state index is -0.0290. The lowest BCUT2D eigenvalue weighted by molar-refractivity contribution is -0.121. The lowest BCUT2D eigenvalue weighted by Gasteiger charge is -2.32. The van der Waals surface area contributed by atoms with Gasteiger partial charge in [-0.3, -0.25) is 9.69 Å². The van der Waals surface area contributed by atoms with Crippen molar-refractivity contribution in [2.45, 2.75) is 19.4 Å². The first-order chi connectivity index (χ1) is 12.0. The Morgan fingerprint density at radius 2 is 1.84 bits per heavy atom. The molecule has 0 saturated carbocycles. The Morgan fingerprint density at radius 1 is 1.16 bits per heavy atom. The lowest BCUT2D eigenvalue weighted by atomic mass is 9.96. The summed E-state index contributed by atoms with van der Waals surface area (Å²) in [7, 11) is 0. The van der Waals surface area contributed by atoms with Gasteiger partial charge in [-0.05, 0) is 55.8 Å². The van der Waals surface area contributed by atoms with Crippen LogP contribution in [0.15, 0.2) is 46.9 Å². The number of anilines is 1. The van der Waals surface area contributed by atoms with E-state index in [1.54, 1.807) is 0 Å². The zero-order valence-corrected chi connectivity index (χ0v) is 16.7. The van der Waals surface area contributed by atoms with Gasteiger partial charge in [0, 0.05) is 38.9 Å². The highest BCUT2D eigenvalue weighted by Gasteiger charge is 2.26. The number of carbonyl (C=O) groups is 1. The molecule has 2 aromatic carbocycles. The fraction of sp³-hybridized carbons (Fsp3) is 0.316. The number of rotatable bonds is 4. The molecule has 2 aromatic rings. The van der Waals surface area contributed by atoms with Crippen molar-refractivity contribution in [1.29, 1.82) is 0 Å². The van der Waals surface area contributed by atoms with E-state index in [1.807, 2.05) is 42.5 Å². The van der Waals surface area contributed by atoms with Crippen LogP contribution in [0, 0.1) is 5.92 Å². The molecule has 1 fully saturated rings. The van der Waals surface area contributed by atoms with Crippen LogP contribution in [0.4, 0.5) is 5.69 Å². The average molecular weight is 442 g/mol. The van der Waals surface area contributed by atoms with Crippen LogP contribution in [0.3, 0.4) is 0 Å². The summed E-state index contributed by atoms with van der Waals surface area (Å²) in [6.07, 6.45) is 1.88. The van der Waals surface area contributed by atoms with Crippen LogP contribution in [-0.4, -0.2) is 23.9 Å². The fourth-order valence-electron chi connectivity index (χ4n) is 3.10. The van der Waals surface area contributed by atoms with Crippen molar-refractivity contribution in [2.24, 2.45) is 5.92 Å². The molecule has 1 aliphatic heterocycles. The molecular weight excluding hydrogens is 423 g/mol. The Hall–Kier alpha value is -1.07.